The number of aromatic nitrogens is 2. The van der Waals surface area contributed by atoms with Gasteiger partial charge < -0.3 is 5.32 Å². The van der Waals surface area contributed by atoms with Gasteiger partial charge in [-0.1, -0.05) is 6.92 Å². The number of nitrogens with one attached hydrogen (secondary N) is 2. The minimum atomic E-state index is -3.46. The smallest absolute Gasteiger partial charge is 0.243 e. The van der Waals surface area contributed by atoms with E-state index in [0.717, 1.165) is 32.5 Å². The second kappa shape index (κ2) is 7.35. The molecule has 1 unspecified atom stereocenters. The van der Waals surface area contributed by atoms with E-state index in [1.54, 1.807) is 10.9 Å². The Bertz CT molecular complexity index is 543. The van der Waals surface area contributed by atoms with Crippen LogP contribution in [-0.4, -0.2) is 62.4 Å². The number of sulfonamides is 1. The fourth-order valence-corrected chi connectivity index (χ4v) is 3.69. The molecule has 1 fully saturated rings. The van der Waals surface area contributed by atoms with E-state index in [9.17, 15) is 8.42 Å². The number of likely N-dealkylation sites (N-methyl/N-ethyl adjacent to an activating group) is 2. The first kappa shape index (κ1) is 16.4. The van der Waals surface area contributed by atoms with Crippen LogP contribution in [-0.2, 0) is 16.6 Å². The average molecular weight is 315 g/mol. The zero-order chi connectivity index (χ0) is 15.3. The van der Waals surface area contributed by atoms with Crippen molar-refractivity contribution in [1.29, 1.82) is 0 Å². The lowest BCUT2D eigenvalue weighted by Crippen LogP contribution is -2.39. The van der Waals surface area contributed by atoms with Gasteiger partial charge in [-0.2, -0.15) is 5.10 Å². The van der Waals surface area contributed by atoms with E-state index >= 15 is 0 Å². The van der Waals surface area contributed by atoms with Crippen LogP contribution in [0.25, 0.3) is 0 Å². The first-order valence-electron chi connectivity index (χ1n) is 7.47. The average Bonchev–Trinajstić information content (AvgIpc) is 3.12. The Balaban J connectivity index is 1.93. The topological polar surface area (TPSA) is 79.3 Å². The van der Waals surface area contributed by atoms with Gasteiger partial charge in [-0.3, -0.25) is 9.58 Å². The van der Waals surface area contributed by atoms with Crippen molar-refractivity contribution in [2.75, 3.05) is 33.2 Å². The van der Waals surface area contributed by atoms with E-state index in [2.05, 4.69) is 27.0 Å². The zero-order valence-corrected chi connectivity index (χ0v) is 13.6. The normalized spacial score (nSPS) is 20.2. The predicted octanol–water partition coefficient (Wildman–Crippen LogP) is -0.135. The summed E-state index contributed by atoms with van der Waals surface area (Å²) in [6, 6.07) is 0.309. The van der Waals surface area contributed by atoms with Crippen molar-refractivity contribution in [3.8, 4) is 0 Å². The Kier molecular flexibility index (Phi) is 5.74. The number of rotatable bonds is 8. The Morgan fingerprint density at radius 1 is 1.48 bits per heavy atom. The molecule has 7 nitrogen and oxygen atoms in total. The summed E-state index contributed by atoms with van der Waals surface area (Å²) in [7, 11) is -1.61. The highest BCUT2D eigenvalue weighted by Gasteiger charge is 2.25. The molecule has 2 rings (SSSR count). The molecule has 0 spiro atoms. The SMILES string of the molecule is CCN1CCCC1CNS(=O)(=O)c1cnn(CCNC)c1. The van der Waals surface area contributed by atoms with E-state index in [1.807, 2.05) is 7.05 Å². The molecule has 8 heteroatoms. The van der Waals surface area contributed by atoms with Crippen LogP contribution >= 0.6 is 0 Å². The van der Waals surface area contributed by atoms with Crippen LogP contribution in [0, 0.1) is 0 Å². The summed E-state index contributed by atoms with van der Waals surface area (Å²) in [5.74, 6) is 0. The highest BCUT2D eigenvalue weighted by molar-refractivity contribution is 7.89. The lowest BCUT2D eigenvalue weighted by Gasteiger charge is -2.22. The summed E-state index contributed by atoms with van der Waals surface area (Å²) in [6.45, 7) is 6.01. The van der Waals surface area contributed by atoms with Crippen molar-refractivity contribution in [2.45, 2.75) is 37.2 Å². The third-order valence-corrected chi connectivity index (χ3v) is 5.30. The van der Waals surface area contributed by atoms with Gasteiger partial charge >= 0.3 is 0 Å². The largest absolute Gasteiger partial charge is 0.318 e. The molecule has 120 valence electrons. The van der Waals surface area contributed by atoms with Gasteiger partial charge in [0.15, 0.2) is 0 Å². The molecule has 1 saturated heterocycles. The van der Waals surface area contributed by atoms with Crippen molar-refractivity contribution < 1.29 is 8.42 Å². The number of likely N-dealkylation sites (tertiary alicyclic amines) is 1. The summed E-state index contributed by atoms with van der Waals surface area (Å²) < 4.78 is 28.9. The molecule has 1 aromatic rings. The summed E-state index contributed by atoms with van der Waals surface area (Å²) >= 11 is 0. The van der Waals surface area contributed by atoms with Gasteiger partial charge in [-0.15, -0.1) is 0 Å². The molecule has 2 heterocycles. The van der Waals surface area contributed by atoms with E-state index in [0.29, 0.717) is 19.1 Å². The van der Waals surface area contributed by atoms with Gasteiger partial charge in [0.1, 0.15) is 4.90 Å². The van der Waals surface area contributed by atoms with E-state index in [-0.39, 0.29) is 4.90 Å². The first-order chi connectivity index (χ1) is 10.1. The molecular weight excluding hydrogens is 290 g/mol. The van der Waals surface area contributed by atoms with Gasteiger partial charge in [0, 0.05) is 25.3 Å². The minimum absolute atomic E-state index is 0.236. The summed E-state index contributed by atoms with van der Waals surface area (Å²) in [4.78, 5) is 2.55. The molecule has 0 amide bonds. The van der Waals surface area contributed by atoms with Gasteiger partial charge in [0.25, 0.3) is 0 Å². The molecule has 1 aliphatic heterocycles. The Morgan fingerprint density at radius 2 is 2.29 bits per heavy atom. The fraction of sp³-hybridized carbons (Fsp3) is 0.769. The third-order valence-electron chi connectivity index (χ3n) is 3.92. The first-order valence-corrected chi connectivity index (χ1v) is 8.96. The molecule has 1 atom stereocenters. The molecule has 0 radical (unpaired) electrons. The van der Waals surface area contributed by atoms with Crippen LogP contribution in [0.5, 0.6) is 0 Å². The Morgan fingerprint density at radius 3 is 3.00 bits per heavy atom. The molecule has 0 bridgehead atoms. The van der Waals surface area contributed by atoms with Crippen molar-refractivity contribution in [3.63, 3.8) is 0 Å². The fourth-order valence-electron chi connectivity index (χ4n) is 2.66. The van der Waals surface area contributed by atoms with Crippen LogP contribution in [0.4, 0.5) is 0 Å². The number of hydrogen-bond donors (Lipinski definition) is 2. The summed E-state index contributed by atoms with van der Waals surface area (Å²) in [6.07, 6.45) is 5.18. The maximum atomic E-state index is 12.3. The minimum Gasteiger partial charge on any atom is -0.318 e. The van der Waals surface area contributed by atoms with Gasteiger partial charge in [0.2, 0.25) is 10.0 Å². The van der Waals surface area contributed by atoms with Gasteiger partial charge in [0.05, 0.1) is 12.7 Å². The number of nitrogens with zero attached hydrogens (tertiary/aromatic N) is 3. The number of hydrogen-bond acceptors (Lipinski definition) is 5. The standard InChI is InChI=1S/C13H25N5O2S/c1-3-17-7-4-5-12(17)9-16-21(19,20)13-10-15-18(11-13)8-6-14-2/h10-12,14,16H,3-9H2,1-2H3. The molecular formula is C13H25N5O2S. The van der Waals surface area contributed by atoms with Crippen molar-refractivity contribution >= 4 is 10.0 Å². The van der Waals surface area contributed by atoms with Gasteiger partial charge in [-0.25, -0.2) is 13.1 Å². The monoisotopic (exact) mass is 315 g/mol. The van der Waals surface area contributed by atoms with Crippen LogP contribution in [0.2, 0.25) is 0 Å². The molecule has 1 aliphatic rings. The Hall–Kier alpha value is -0.960. The highest BCUT2D eigenvalue weighted by Crippen LogP contribution is 2.16. The van der Waals surface area contributed by atoms with Crippen LogP contribution in [0.3, 0.4) is 0 Å². The van der Waals surface area contributed by atoms with E-state index in [4.69, 9.17) is 0 Å². The summed E-state index contributed by atoms with van der Waals surface area (Å²) in [5, 5.41) is 7.08. The van der Waals surface area contributed by atoms with Gasteiger partial charge in [-0.05, 0) is 33.0 Å². The van der Waals surface area contributed by atoms with E-state index < -0.39 is 10.0 Å². The lowest BCUT2D eigenvalue weighted by atomic mass is 10.2. The summed E-state index contributed by atoms with van der Waals surface area (Å²) in [5.41, 5.74) is 0. The highest BCUT2D eigenvalue weighted by atomic mass is 32.2. The van der Waals surface area contributed by atoms with Crippen LogP contribution < -0.4 is 10.0 Å². The third kappa shape index (κ3) is 4.26. The lowest BCUT2D eigenvalue weighted by molar-refractivity contribution is 0.268. The maximum Gasteiger partial charge on any atom is 0.243 e. The molecule has 1 aromatic heterocycles. The van der Waals surface area contributed by atoms with Crippen molar-refractivity contribution in [3.05, 3.63) is 12.4 Å². The molecule has 0 aromatic carbocycles. The molecule has 2 N–H and O–H groups in total. The predicted molar refractivity (Wildman–Crippen MR) is 81.6 cm³/mol. The van der Waals surface area contributed by atoms with Crippen LogP contribution in [0.15, 0.2) is 17.3 Å². The second-order valence-electron chi connectivity index (χ2n) is 5.32. The molecule has 21 heavy (non-hydrogen) atoms. The second-order valence-corrected chi connectivity index (χ2v) is 7.09. The molecule has 0 aliphatic carbocycles. The Labute approximate surface area is 126 Å². The van der Waals surface area contributed by atoms with Crippen molar-refractivity contribution in [2.24, 2.45) is 0 Å². The van der Waals surface area contributed by atoms with E-state index in [1.165, 1.54) is 6.20 Å². The zero-order valence-electron chi connectivity index (χ0n) is 12.7. The van der Waals surface area contributed by atoms with Crippen molar-refractivity contribution in [1.82, 2.24) is 24.7 Å². The quantitative estimate of drug-likeness (QED) is 0.698. The van der Waals surface area contributed by atoms with Crippen LogP contribution in [0.1, 0.15) is 19.8 Å². The maximum absolute atomic E-state index is 12.3. The molecule has 0 saturated carbocycles.